The predicted octanol–water partition coefficient (Wildman–Crippen LogP) is 8.31. The van der Waals surface area contributed by atoms with E-state index in [0.29, 0.717) is 0 Å². The Bertz CT molecular complexity index is 1190. The molecule has 174 valence electrons. The first-order valence-corrected chi connectivity index (χ1v) is 12.7. The third-order valence-corrected chi connectivity index (χ3v) is 8.64. The van der Waals surface area contributed by atoms with Gasteiger partial charge in [-0.1, -0.05) is 75.4 Å². The van der Waals surface area contributed by atoms with Crippen LogP contribution in [0.5, 0.6) is 28.7 Å². The molecule has 4 aromatic carbocycles. The largest absolute Gasteiger partial charge is 0.488 e. The molecule has 5 rings (SSSR count). The fraction of sp³-hybridized carbons (Fsp3) is 0.172. The molecule has 1 heterocycles. The van der Waals surface area contributed by atoms with E-state index in [1.165, 1.54) is 5.30 Å². The molecule has 0 spiro atoms. The van der Waals surface area contributed by atoms with Gasteiger partial charge in [-0.2, -0.15) is 13.5 Å². The van der Waals surface area contributed by atoms with Crippen molar-refractivity contribution in [3.63, 3.8) is 0 Å². The fourth-order valence-corrected chi connectivity index (χ4v) is 6.36. The maximum atomic E-state index is 6.41. The summed E-state index contributed by atoms with van der Waals surface area (Å²) in [5.74, 6) is 4.07. The SMILES string of the molecule is CC(C)(C)[P@@]1COc2cccc(-c3c(Oc4ccccc4)cccc3Oc3ccccc3)c21.S. The molecule has 0 unspecified atom stereocenters. The topological polar surface area (TPSA) is 27.7 Å². The molecule has 5 heteroatoms. The molecule has 0 bridgehead atoms. The Balaban J connectivity index is 0.00000274. The molecule has 0 N–H and O–H groups in total. The summed E-state index contributed by atoms with van der Waals surface area (Å²) in [5, 5.41) is 1.40. The smallest absolute Gasteiger partial charge is 0.139 e. The first kappa shape index (κ1) is 24.2. The van der Waals surface area contributed by atoms with Crippen molar-refractivity contribution in [3.8, 4) is 39.9 Å². The molecule has 3 nitrogen and oxygen atoms in total. The number of ether oxygens (including phenoxy) is 3. The quantitative estimate of drug-likeness (QED) is 0.264. The van der Waals surface area contributed by atoms with Crippen LogP contribution in [0.2, 0.25) is 0 Å². The van der Waals surface area contributed by atoms with Gasteiger partial charge >= 0.3 is 0 Å². The van der Waals surface area contributed by atoms with Crippen molar-refractivity contribution in [2.45, 2.75) is 25.9 Å². The molecule has 0 saturated carbocycles. The highest BCUT2D eigenvalue weighted by Crippen LogP contribution is 2.57. The molecule has 0 fully saturated rings. The lowest BCUT2D eigenvalue weighted by molar-refractivity contribution is 0.400. The monoisotopic (exact) mass is 488 g/mol. The number of hydrogen-bond donors (Lipinski definition) is 0. The average molecular weight is 489 g/mol. The zero-order valence-electron chi connectivity index (χ0n) is 19.6. The van der Waals surface area contributed by atoms with Gasteiger partial charge in [0.05, 0.1) is 5.56 Å². The molecule has 0 amide bonds. The van der Waals surface area contributed by atoms with Crippen LogP contribution < -0.4 is 19.5 Å². The predicted molar refractivity (Wildman–Crippen MR) is 147 cm³/mol. The first-order chi connectivity index (χ1) is 16.0. The Morgan fingerprint density at radius 3 is 1.74 bits per heavy atom. The molecular weight excluding hydrogens is 459 g/mol. The van der Waals surface area contributed by atoms with Crippen molar-refractivity contribution in [3.05, 3.63) is 97.1 Å². The van der Waals surface area contributed by atoms with Crippen LogP contribution in [0.15, 0.2) is 97.1 Å². The third-order valence-electron chi connectivity index (χ3n) is 5.63. The van der Waals surface area contributed by atoms with Crippen LogP contribution in [0.4, 0.5) is 0 Å². The second kappa shape index (κ2) is 10.1. The molecule has 0 aliphatic carbocycles. The minimum Gasteiger partial charge on any atom is -0.488 e. The molecular formula is C29H29O3PS. The Kier molecular flexibility index (Phi) is 7.21. The minimum atomic E-state index is -0.523. The van der Waals surface area contributed by atoms with Gasteiger partial charge in [0, 0.05) is 10.9 Å². The van der Waals surface area contributed by atoms with Gasteiger partial charge in [0.2, 0.25) is 0 Å². The lowest BCUT2D eigenvalue weighted by Crippen LogP contribution is -2.19. The summed E-state index contributed by atoms with van der Waals surface area (Å²) < 4.78 is 19.0. The van der Waals surface area contributed by atoms with Crippen LogP contribution in [0, 0.1) is 0 Å². The summed E-state index contributed by atoms with van der Waals surface area (Å²) in [6.07, 6.45) is 0.738. The summed E-state index contributed by atoms with van der Waals surface area (Å²) in [6, 6.07) is 32.1. The molecule has 0 saturated heterocycles. The molecule has 4 aromatic rings. The van der Waals surface area contributed by atoms with E-state index in [0.717, 1.165) is 46.2 Å². The van der Waals surface area contributed by atoms with Crippen molar-refractivity contribution >= 4 is 26.7 Å². The second-order valence-corrected chi connectivity index (χ2v) is 11.9. The van der Waals surface area contributed by atoms with Gasteiger partial charge < -0.3 is 14.2 Å². The molecule has 1 aliphatic heterocycles. The Labute approximate surface area is 209 Å². The van der Waals surface area contributed by atoms with E-state index in [2.05, 4.69) is 39.0 Å². The summed E-state index contributed by atoms with van der Waals surface area (Å²) >= 11 is 0. The van der Waals surface area contributed by atoms with E-state index in [1.807, 2.05) is 78.9 Å². The second-order valence-electron chi connectivity index (χ2n) is 8.98. The van der Waals surface area contributed by atoms with Crippen molar-refractivity contribution < 1.29 is 14.2 Å². The van der Waals surface area contributed by atoms with Gasteiger partial charge in [-0.25, -0.2) is 0 Å². The normalized spacial score (nSPS) is 14.5. The zero-order chi connectivity index (χ0) is 22.8. The Morgan fingerprint density at radius 1 is 0.676 bits per heavy atom. The highest BCUT2D eigenvalue weighted by molar-refractivity contribution is 7.67. The van der Waals surface area contributed by atoms with Crippen LogP contribution in [0.1, 0.15) is 20.8 Å². The standard InChI is InChI=1S/C29H27O3P.H2S/c1-29(2,3)33-20-30-26-19-10-16-23(28(26)33)27-24(31-21-12-6-4-7-13-21)17-11-18-25(27)32-22-14-8-5-9-15-22;/h4-19H,20H2,1-3H3;1H2/t33-;/m0./s1. The number of para-hydroxylation sites is 2. The number of benzene rings is 4. The Hall–Kier alpha value is -2.94. The minimum absolute atomic E-state index is 0. The lowest BCUT2D eigenvalue weighted by Gasteiger charge is -2.28. The highest BCUT2D eigenvalue weighted by atomic mass is 32.1. The van der Waals surface area contributed by atoms with Crippen molar-refractivity contribution in [1.29, 1.82) is 0 Å². The van der Waals surface area contributed by atoms with Gasteiger partial charge in [0.15, 0.2) is 0 Å². The van der Waals surface area contributed by atoms with E-state index in [4.69, 9.17) is 14.2 Å². The van der Waals surface area contributed by atoms with Gasteiger partial charge in [-0.3, -0.25) is 0 Å². The zero-order valence-corrected chi connectivity index (χ0v) is 21.5. The average Bonchev–Trinajstić information content (AvgIpc) is 3.26. The van der Waals surface area contributed by atoms with Crippen LogP contribution in [0.3, 0.4) is 0 Å². The van der Waals surface area contributed by atoms with Crippen LogP contribution >= 0.6 is 21.4 Å². The van der Waals surface area contributed by atoms with E-state index in [1.54, 1.807) is 0 Å². The van der Waals surface area contributed by atoms with Crippen molar-refractivity contribution in [1.82, 2.24) is 0 Å². The van der Waals surface area contributed by atoms with Crippen molar-refractivity contribution in [2.24, 2.45) is 0 Å². The molecule has 34 heavy (non-hydrogen) atoms. The number of rotatable bonds is 5. The van der Waals surface area contributed by atoms with E-state index in [-0.39, 0.29) is 18.7 Å². The number of fused-ring (bicyclic) bond motifs is 1. The van der Waals surface area contributed by atoms with Gasteiger partial charge in [0.25, 0.3) is 0 Å². The fourth-order valence-electron chi connectivity index (χ4n) is 4.02. The Morgan fingerprint density at radius 2 is 1.21 bits per heavy atom. The third kappa shape index (κ3) is 4.94. The molecule has 1 atom stereocenters. The maximum absolute atomic E-state index is 6.41. The van der Waals surface area contributed by atoms with E-state index < -0.39 is 7.92 Å². The summed E-state index contributed by atoms with van der Waals surface area (Å²) in [5.41, 5.74) is 2.06. The van der Waals surface area contributed by atoms with E-state index in [9.17, 15) is 0 Å². The van der Waals surface area contributed by atoms with Crippen LogP contribution in [0.25, 0.3) is 11.1 Å². The number of hydrogen-bond acceptors (Lipinski definition) is 3. The van der Waals surface area contributed by atoms with E-state index >= 15 is 0 Å². The van der Waals surface area contributed by atoms with Crippen molar-refractivity contribution in [2.75, 3.05) is 6.35 Å². The summed E-state index contributed by atoms with van der Waals surface area (Å²) in [6.45, 7) is 6.88. The van der Waals surface area contributed by atoms with Gasteiger partial charge in [-0.05, 0) is 55.5 Å². The highest BCUT2D eigenvalue weighted by Gasteiger charge is 2.36. The van der Waals surface area contributed by atoms with Gasteiger partial charge in [-0.15, -0.1) is 0 Å². The molecule has 1 aliphatic rings. The lowest BCUT2D eigenvalue weighted by atomic mass is 10.0. The maximum Gasteiger partial charge on any atom is 0.139 e. The van der Waals surface area contributed by atoms with Gasteiger partial charge in [0.1, 0.15) is 35.1 Å². The molecule has 0 radical (unpaired) electrons. The van der Waals surface area contributed by atoms with Crippen LogP contribution in [-0.2, 0) is 0 Å². The first-order valence-electron chi connectivity index (χ1n) is 11.1. The molecule has 0 aromatic heterocycles. The summed E-state index contributed by atoms with van der Waals surface area (Å²) in [7, 11) is -0.523. The summed E-state index contributed by atoms with van der Waals surface area (Å²) in [4.78, 5) is 0. The van der Waals surface area contributed by atoms with Crippen LogP contribution in [-0.4, -0.2) is 11.5 Å².